The molecule has 1 aromatic heterocycles. The zero-order valence-corrected chi connectivity index (χ0v) is 16.1. The molecule has 0 spiro atoms. The number of hydrogen-bond acceptors (Lipinski definition) is 5. The van der Waals surface area contributed by atoms with Crippen LogP contribution in [0, 0.1) is 6.92 Å². The number of rotatable bonds is 9. The van der Waals surface area contributed by atoms with Gasteiger partial charge in [-0.05, 0) is 55.8 Å². The molecule has 3 rings (SSSR count). The predicted molar refractivity (Wildman–Crippen MR) is 109 cm³/mol. The fourth-order valence-electron chi connectivity index (χ4n) is 2.66. The van der Waals surface area contributed by atoms with E-state index in [1.807, 2.05) is 49.4 Å². The van der Waals surface area contributed by atoms with Crippen molar-refractivity contribution in [3.63, 3.8) is 0 Å². The van der Waals surface area contributed by atoms with Gasteiger partial charge in [0, 0.05) is 18.0 Å². The molecule has 144 valence electrons. The summed E-state index contributed by atoms with van der Waals surface area (Å²) >= 11 is 0. The molecule has 0 saturated carbocycles. The number of ether oxygens (including phenoxy) is 2. The summed E-state index contributed by atoms with van der Waals surface area (Å²) in [6, 6.07) is 16.8. The lowest BCUT2D eigenvalue weighted by Crippen LogP contribution is -2.23. The van der Waals surface area contributed by atoms with Crippen LogP contribution in [-0.4, -0.2) is 26.3 Å². The third kappa shape index (κ3) is 6.31. The van der Waals surface area contributed by atoms with Crippen molar-refractivity contribution >= 4 is 23.4 Å². The average Bonchev–Trinajstić information content (AvgIpc) is 2.65. The van der Waals surface area contributed by atoms with Gasteiger partial charge in [-0.25, -0.2) is 4.79 Å². The first kappa shape index (κ1) is 20.8. The Morgan fingerprint density at radius 1 is 0.926 bits per heavy atom. The van der Waals surface area contributed by atoms with Crippen LogP contribution in [0.25, 0.3) is 11.0 Å². The fraction of sp³-hybridized carbons (Fsp3) is 0.286. The van der Waals surface area contributed by atoms with Gasteiger partial charge in [-0.3, -0.25) is 0 Å². The van der Waals surface area contributed by atoms with Crippen LogP contribution in [0.2, 0.25) is 0 Å². The number of para-hydroxylation sites is 1. The molecule has 0 saturated heterocycles. The quantitative estimate of drug-likeness (QED) is 0.443. The monoisotopic (exact) mass is 389 g/mol. The van der Waals surface area contributed by atoms with Crippen LogP contribution in [0.4, 0.5) is 0 Å². The molecule has 0 aliphatic heterocycles. The van der Waals surface area contributed by atoms with E-state index in [9.17, 15) is 4.79 Å². The van der Waals surface area contributed by atoms with E-state index in [1.165, 1.54) is 6.07 Å². The van der Waals surface area contributed by atoms with E-state index in [0.29, 0.717) is 18.8 Å². The largest absolute Gasteiger partial charge is 0.494 e. The number of benzene rings is 2. The van der Waals surface area contributed by atoms with Gasteiger partial charge >= 0.3 is 5.63 Å². The molecule has 1 heterocycles. The molecule has 6 heteroatoms. The molecular formula is C21H24ClNO4. The Kier molecular flexibility index (Phi) is 8.17. The van der Waals surface area contributed by atoms with Gasteiger partial charge < -0.3 is 19.2 Å². The summed E-state index contributed by atoms with van der Waals surface area (Å²) in [6.07, 6.45) is 0.934. The first-order valence-electron chi connectivity index (χ1n) is 8.78. The first-order chi connectivity index (χ1) is 12.7. The van der Waals surface area contributed by atoms with Crippen molar-refractivity contribution in [2.24, 2.45) is 0 Å². The van der Waals surface area contributed by atoms with Crippen LogP contribution in [0.15, 0.2) is 63.8 Å². The Balaban J connectivity index is 0.00000261. The average molecular weight is 390 g/mol. The van der Waals surface area contributed by atoms with Gasteiger partial charge in [-0.15, -0.1) is 12.4 Å². The second-order valence-electron chi connectivity index (χ2n) is 6.02. The predicted octanol–water partition coefficient (Wildman–Crippen LogP) is 3.96. The van der Waals surface area contributed by atoms with Crippen molar-refractivity contribution in [1.29, 1.82) is 0 Å². The molecule has 0 unspecified atom stereocenters. The van der Waals surface area contributed by atoms with Crippen LogP contribution in [-0.2, 0) is 0 Å². The molecular weight excluding hydrogens is 366 g/mol. The third-order valence-electron chi connectivity index (χ3n) is 3.98. The summed E-state index contributed by atoms with van der Waals surface area (Å²) in [6.45, 7) is 4.78. The highest BCUT2D eigenvalue weighted by Gasteiger charge is 2.04. The van der Waals surface area contributed by atoms with Gasteiger partial charge in [-0.1, -0.05) is 18.2 Å². The maximum Gasteiger partial charge on any atom is 0.336 e. The van der Waals surface area contributed by atoms with Gasteiger partial charge in [0.15, 0.2) is 0 Å². The standard InChI is InChI=1S/C21H23NO4.ClH/c1-16-14-21(23)26-20-9-8-18(15-19(16)20)25-13-11-22-10-5-12-24-17-6-3-2-4-7-17;/h2-4,6-9,14-15,22H,5,10-13H2,1H3;1H. The molecule has 0 amide bonds. The first-order valence-corrected chi connectivity index (χ1v) is 8.78. The topological polar surface area (TPSA) is 60.7 Å². The zero-order chi connectivity index (χ0) is 18.2. The smallest absolute Gasteiger partial charge is 0.336 e. The lowest BCUT2D eigenvalue weighted by Gasteiger charge is -2.09. The van der Waals surface area contributed by atoms with Crippen LogP contribution >= 0.6 is 12.4 Å². The van der Waals surface area contributed by atoms with E-state index in [0.717, 1.165) is 42.0 Å². The Hall–Kier alpha value is -2.50. The molecule has 2 aromatic carbocycles. The summed E-state index contributed by atoms with van der Waals surface area (Å²) < 4.78 is 16.6. The molecule has 1 N–H and O–H groups in total. The van der Waals surface area contributed by atoms with Gasteiger partial charge in [0.25, 0.3) is 0 Å². The minimum absolute atomic E-state index is 0. The third-order valence-corrected chi connectivity index (χ3v) is 3.98. The SMILES string of the molecule is Cc1cc(=O)oc2ccc(OCCNCCCOc3ccccc3)cc12.Cl. The molecule has 0 radical (unpaired) electrons. The van der Waals surface area contributed by atoms with Crippen LogP contribution in [0.1, 0.15) is 12.0 Å². The lowest BCUT2D eigenvalue weighted by molar-refractivity contribution is 0.294. The van der Waals surface area contributed by atoms with Gasteiger partial charge in [0.05, 0.1) is 6.61 Å². The number of hydrogen-bond donors (Lipinski definition) is 1. The minimum atomic E-state index is -0.330. The molecule has 0 bridgehead atoms. The number of fused-ring (bicyclic) bond motifs is 1. The molecule has 0 atom stereocenters. The Morgan fingerprint density at radius 3 is 2.52 bits per heavy atom. The van der Waals surface area contributed by atoms with Gasteiger partial charge in [-0.2, -0.15) is 0 Å². The van der Waals surface area contributed by atoms with E-state index in [1.54, 1.807) is 6.07 Å². The zero-order valence-electron chi connectivity index (χ0n) is 15.3. The normalized spacial score (nSPS) is 10.4. The molecule has 0 fully saturated rings. The second kappa shape index (κ2) is 10.6. The maximum absolute atomic E-state index is 11.4. The van der Waals surface area contributed by atoms with E-state index in [-0.39, 0.29) is 18.0 Å². The summed E-state index contributed by atoms with van der Waals surface area (Å²) in [7, 11) is 0. The molecule has 27 heavy (non-hydrogen) atoms. The summed E-state index contributed by atoms with van der Waals surface area (Å²) in [4.78, 5) is 11.4. The van der Waals surface area contributed by atoms with E-state index in [2.05, 4.69) is 5.32 Å². The second-order valence-corrected chi connectivity index (χ2v) is 6.02. The van der Waals surface area contributed by atoms with E-state index >= 15 is 0 Å². The van der Waals surface area contributed by atoms with Crippen molar-refractivity contribution in [2.75, 3.05) is 26.3 Å². The number of halogens is 1. The van der Waals surface area contributed by atoms with Gasteiger partial charge in [0.1, 0.15) is 23.7 Å². The maximum atomic E-state index is 11.4. The van der Waals surface area contributed by atoms with E-state index < -0.39 is 0 Å². The van der Waals surface area contributed by atoms with Crippen molar-refractivity contribution < 1.29 is 13.9 Å². The van der Waals surface area contributed by atoms with Crippen molar-refractivity contribution in [3.8, 4) is 11.5 Å². The van der Waals surface area contributed by atoms with Crippen LogP contribution in [0.3, 0.4) is 0 Å². The number of nitrogens with one attached hydrogen (secondary N) is 1. The molecule has 3 aromatic rings. The fourth-order valence-corrected chi connectivity index (χ4v) is 2.66. The highest BCUT2D eigenvalue weighted by molar-refractivity contribution is 5.85. The van der Waals surface area contributed by atoms with Gasteiger partial charge in [0.2, 0.25) is 0 Å². The molecule has 0 aliphatic rings. The lowest BCUT2D eigenvalue weighted by atomic mass is 10.1. The Bertz CT molecular complexity index is 896. The highest BCUT2D eigenvalue weighted by atomic mass is 35.5. The van der Waals surface area contributed by atoms with E-state index in [4.69, 9.17) is 13.9 Å². The molecule has 0 aliphatic carbocycles. The number of aryl methyl sites for hydroxylation is 1. The van der Waals surface area contributed by atoms with Crippen molar-refractivity contribution in [3.05, 3.63) is 70.6 Å². The summed E-state index contributed by atoms with van der Waals surface area (Å²) in [5, 5.41) is 4.23. The van der Waals surface area contributed by atoms with Crippen molar-refractivity contribution in [1.82, 2.24) is 5.32 Å². The summed E-state index contributed by atoms with van der Waals surface area (Å²) in [5.74, 6) is 1.67. The van der Waals surface area contributed by atoms with Crippen LogP contribution in [0.5, 0.6) is 11.5 Å². The van der Waals surface area contributed by atoms with Crippen molar-refractivity contribution in [2.45, 2.75) is 13.3 Å². The Labute approximate surface area is 164 Å². The summed E-state index contributed by atoms with van der Waals surface area (Å²) in [5.41, 5.74) is 1.14. The molecule has 5 nitrogen and oxygen atoms in total. The Morgan fingerprint density at radius 2 is 1.70 bits per heavy atom. The van der Waals surface area contributed by atoms with Crippen LogP contribution < -0.4 is 20.4 Å². The highest BCUT2D eigenvalue weighted by Crippen LogP contribution is 2.22. The minimum Gasteiger partial charge on any atom is -0.494 e.